The summed E-state index contributed by atoms with van der Waals surface area (Å²) in [6, 6.07) is 5.53. The molecular weight excluding hydrogens is 615 g/mol. The fourth-order valence-electron chi connectivity index (χ4n) is 6.83. The zero-order valence-electron chi connectivity index (χ0n) is 26.0. The van der Waals surface area contributed by atoms with Crippen LogP contribution in [0.15, 0.2) is 30.5 Å². The number of fused-ring (bicyclic) bond motifs is 3. The smallest absolute Gasteiger partial charge is 0.323 e. The van der Waals surface area contributed by atoms with Crippen LogP contribution < -0.4 is 9.64 Å². The van der Waals surface area contributed by atoms with Crippen molar-refractivity contribution in [3.05, 3.63) is 47.7 Å². The molecule has 248 valence electrons. The Bertz CT molecular complexity index is 1830. The van der Waals surface area contributed by atoms with Gasteiger partial charge in [-0.25, -0.2) is 13.2 Å². The molecule has 2 aromatic heterocycles. The van der Waals surface area contributed by atoms with E-state index in [1.54, 1.807) is 0 Å². The number of aromatic nitrogens is 3. The monoisotopic (exact) mass is 651 g/mol. The molecule has 0 saturated carbocycles. The van der Waals surface area contributed by atoms with Gasteiger partial charge < -0.3 is 29.7 Å². The highest BCUT2D eigenvalue weighted by Gasteiger charge is 2.40. The van der Waals surface area contributed by atoms with Gasteiger partial charge in [0.05, 0.1) is 24.2 Å². The zero-order chi connectivity index (χ0) is 33.4. The topological polar surface area (TPSA) is 124 Å². The summed E-state index contributed by atoms with van der Waals surface area (Å²) in [5.74, 6) is 0.890. The molecule has 0 bridgehead atoms. The average molecular weight is 652 g/mol. The van der Waals surface area contributed by atoms with Crippen molar-refractivity contribution in [3.8, 4) is 35.4 Å². The van der Waals surface area contributed by atoms with E-state index in [-0.39, 0.29) is 56.6 Å². The Morgan fingerprint density at radius 3 is 2.70 bits per heavy atom. The van der Waals surface area contributed by atoms with Gasteiger partial charge in [0.15, 0.2) is 5.82 Å². The molecule has 0 amide bonds. The SMILES string of the molecule is C#Cc1c(F)ccc2cc(O)cc(-c3ncc4c(N5CCOCC(C)C5)nc(OC(O)O)nc4c3F)c12.CC1C(F)CC2CCCN21. The first-order chi connectivity index (χ1) is 22.5. The summed E-state index contributed by atoms with van der Waals surface area (Å²) in [6.45, 7) is 4.79. The molecule has 3 aliphatic rings. The van der Waals surface area contributed by atoms with E-state index < -0.39 is 30.3 Å². The Kier molecular flexibility index (Phi) is 9.39. The van der Waals surface area contributed by atoms with Crippen molar-refractivity contribution in [1.29, 1.82) is 0 Å². The summed E-state index contributed by atoms with van der Waals surface area (Å²) in [4.78, 5) is 16.8. The van der Waals surface area contributed by atoms with Gasteiger partial charge in [0, 0.05) is 42.3 Å². The van der Waals surface area contributed by atoms with Crippen LogP contribution >= 0.6 is 0 Å². The number of alkyl halides is 1. The first kappa shape index (κ1) is 32.7. The molecule has 5 heterocycles. The molecule has 47 heavy (non-hydrogen) atoms. The Morgan fingerprint density at radius 2 is 1.96 bits per heavy atom. The predicted molar refractivity (Wildman–Crippen MR) is 170 cm³/mol. The third-order valence-corrected chi connectivity index (χ3v) is 9.01. The second kappa shape index (κ2) is 13.5. The summed E-state index contributed by atoms with van der Waals surface area (Å²) in [5.41, 5.74) is -0.520. The standard InChI is InChI=1S/C26H22F2N4O5.C8H14FN/c1-3-16-19(27)5-4-14-8-15(33)9-17(20(14)16)22-21(28)23-18(10-29-22)24(31-25(30-23)37-26(34)35)32-6-7-36-12-13(2)11-32;1-6-8(9)5-7-3-2-4-10(6)7/h1,4-5,8-10,13,26,33-35H,6-7,11-12H2,2H3;6-8H,2-5H2,1H3. The average Bonchev–Trinajstić information content (AvgIpc) is 3.51. The molecule has 0 spiro atoms. The number of benzene rings is 2. The van der Waals surface area contributed by atoms with E-state index in [4.69, 9.17) is 15.9 Å². The third kappa shape index (κ3) is 6.51. The van der Waals surface area contributed by atoms with E-state index in [9.17, 15) is 24.1 Å². The lowest BCUT2D eigenvalue weighted by Crippen LogP contribution is -2.31. The van der Waals surface area contributed by atoms with Crippen molar-refractivity contribution in [2.75, 3.05) is 37.7 Å². The van der Waals surface area contributed by atoms with Gasteiger partial charge in [-0.1, -0.05) is 18.9 Å². The van der Waals surface area contributed by atoms with Gasteiger partial charge in [-0.15, -0.1) is 6.42 Å². The molecule has 3 fully saturated rings. The minimum Gasteiger partial charge on any atom is -0.508 e. The normalized spacial score (nSPS) is 23.0. The lowest BCUT2D eigenvalue weighted by molar-refractivity contribution is -0.183. The Balaban J connectivity index is 0.000000327. The molecule has 4 aromatic rings. The van der Waals surface area contributed by atoms with Crippen LogP contribution in [-0.4, -0.2) is 92.8 Å². The van der Waals surface area contributed by atoms with Crippen LogP contribution in [-0.2, 0) is 4.74 Å². The predicted octanol–water partition coefficient (Wildman–Crippen LogP) is 4.51. The van der Waals surface area contributed by atoms with Crippen LogP contribution in [0.2, 0.25) is 0 Å². The number of aliphatic hydroxyl groups is 2. The number of phenolic OH excluding ortho intramolecular Hbond substituents is 1. The quantitative estimate of drug-likeness (QED) is 0.215. The van der Waals surface area contributed by atoms with Gasteiger partial charge in [-0.3, -0.25) is 9.88 Å². The highest BCUT2D eigenvalue weighted by atomic mass is 19.1. The second-order valence-electron chi connectivity index (χ2n) is 12.3. The number of rotatable bonds is 4. The van der Waals surface area contributed by atoms with Gasteiger partial charge >= 0.3 is 12.5 Å². The summed E-state index contributed by atoms with van der Waals surface area (Å²) in [5, 5.41) is 29.8. The minimum atomic E-state index is -2.24. The van der Waals surface area contributed by atoms with Crippen LogP contribution in [0.5, 0.6) is 11.8 Å². The van der Waals surface area contributed by atoms with Crippen molar-refractivity contribution in [2.24, 2.45) is 5.92 Å². The highest BCUT2D eigenvalue weighted by Crippen LogP contribution is 2.39. The van der Waals surface area contributed by atoms with Gasteiger partial charge in [-0.2, -0.15) is 9.97 Å². The Hall–Kier alpha value is -4.22. The molecular formula is C34H36F3N5O5. The minimum absolute atomic E-state index is 0.0588. The van der Waals surface area contributed by atoms with E-state index in [0.717, 1.165) is 13.0 Å². The van der Waals surface area contributed by atoms with Crippen LogP contribution in [0.4, 0.5) is 19.0 Å². The largest absolute Gasteiger partial charge is 0.508 e. The molecule has 4 unspecified atom stereocenters. The summed E-state index contributed by atoms with van der Waals surface area (Å²) >= 11 is 0. The summed E-state index contributed by atoms with van der Waals surface area (Å²) < 4.78 is 54.2. The van der Waals surface area contributed by atoms with E-state index in [1.165, 1.54) is 43.3 Å². The molecule has 10 nitrogen and oxygen atoms in total. The molecule has 7 rings (SSSR count). The van der Waals surface area contributed by atoms with E-state index in [2.05, 4.69) is 25.8 Å². The van der Waals surface area contributed by atoms with Crippen molar-refractivity contribution < 1.29 is 38.0 Å². The van der Waals surface area contributed by atoms with Crippen LogP contribution in [0, 0.1) is 29.9 Å². The number of anilines is 1. The first-order valence-electron chi connectivity index (χ1n) is 15.6. The van der Waals surface area contributed by atoms with Crippen LogP contribution in [0.25, 0.3) is 32.9 Å². The zero-order valence-corrected chi connectivity index (χ0v) is 26.0. The summed E-state index contributed by atoms with van der Waals surface area (Å²) in [7, 11) is 0. The van der Waals surface area contributed by atoms with Crippen LogP contribution in [0.1, 0.15) is 38.7 Å². The van der Waals surface area contributed by atoms with Crippen molar-refractivity contribution in [1.82, 2.24) is 19.9 Å². The number of halogens is 3. The number of ether oxygens (including phenoxy) is 2. The number of aliphatic hydroxyl groups excluding tert-OH is 1. The molecule has 2 aromatic carbocycles. The Labute approximate surface area is 269 Å². The van der Waals surface area contributed by atoms with Crippen molar-refractivity contribution >= 4 is 27.5 Å². The number of hydrogen-bond acceptors (Lipinski definition) is 10. The summed E-state index contributed by atoms with van der Waals surface area (Å²) in [6.07, 6.45) is 9.67. The molecule has 0 aliphatic carbocycles. The van der Waals surface area contributed by atoms with Gasteiger partial charge in [-0.05, 0) is 62.2 Å². The van der Waals surface area contributed by atoms with E-state index >= 15 is 4.39 Å². The maximum Gasteiger partial charge on any atom is 0.323 e. The van der Waals surface area contributed by atoms with Gasteiger partial charge in [0.25, 0.3) is 0 Å². The molecule has 3 N–H and O–H groups in total. The number of phenols is 1. The van der Waals surface area contributed by atoms with Crippen molar-refractivity contribution in [3.63, 3.8) is 0 Å². The maximum atomic E-state index is 16.2. The van der Waals surface area contributed by atoms with E-state index in [1.807, 2.05) is 18.7 Å². The number of terminal acetylenes is 1. The Morgan fingerprint density at radius 1 is 1.15 bits per heavy atom. The number of aromatic hydroxyl groups is 1. The maximum absolute atomic E-state index is 16.2. The number of nitrogens with zero attached hydrogens (tertiary/aromatic N) is 5. The number of pyridine rings is 1. The second-order valence-corrected chi connectivity index (χ2v) is 12.3. The lowest BCUT2D eigenvalue weighted by atomic mass is 9.96. The highest BCUT2D eigenvalue weighted by molar-refractivity contribution is 6.03. The molecule has 13 heteroatoms. The van der Waals surface area contributed by atoms with Gasteiger partial charge in [0.1, 0.15) is 34.8 Å². The molecule has 4 atom stereocenters. The fourth-order valence-corrected chi connectivity index (χ4v) is 6.83. The number of hydrogen-bond donors (Lipinski definition) is 3. The van der Waals surface area contributed by atoms with Gasteiger partial charge in [0.2, 0.25) is 0 Å². The lowest BCUT2D eigenvalue weighted by Gasteiger charge is -2.24. The first-order valence-corrected chi connectivity index (χ1v) is 15.6. The van der Waals surface area contributed by atoms with Crippen LogP contribution in [0.3, 0.4) is 0 Å². The molecule has 3 saturated heterocycles. The van der Waals surface area contributed by atoms with E-state index in [0.29, 0.717) is 37.7 Å². The van der Waals surface area contributed by atoms with Crippen molar-refractivity contribution in [2.45, 2.75) is 57.8 Å². The molecule has 3 aliphatic heterocycles. The fraction of sp³-hybridized carbons (Fsp3) is 0.441. The molecule has 0 radical (unpaired) electrons. The third-order valence-electron chi connectivity index (χ3n) is 9.01.